The van der Waals surface area contributed by atoms with Crippen molar-refractivity contribution in [2.75, 3.05) is 18.0 Å². The summed E-state index contributed by atoms with van der Waals surface area (Å²) in [5.41, 5.74) is 2.98. The number of rotatable bonds is 3. The summed E-state index contributed by atoms with van der Waals surface area (Å²) < 4.78 is 0. The van der Waals surface area contributed by atoms with Crippen LogP contribution >= 0.6 is 0 Å². The van der Waals surface area contributed by atoms with Gasteiger partial charge in [-0.3, -0.25) is 4.79 Å². The van der Waals surface area contributed by atoms with Gasteiger partial charge >= 0.3 is 0 Å². The third-order valence-electron chi connectivity index (χ3n) is 3.82. The Morgan fingerprint density at radius 2 is 1.65 bits per heavy atom. The van der Waals surface area contributed by atoms with Crippen molar-refractivity contribution in [3.05, 3.63) is 52.7 Å². The monoisotopic (exact) mass is 266 g/mol. The molecule has 1 heterocycles. The standard InChI is InChI=1S/C17H18N2O/c1-3-19(4-2)12-9-10-16-14(11-12)17(20)13-7-5-6-8-15(13)18-16/h5-11H,3-4H2,1-2H3,(H,18,20). The van der Waals surface area contributed by atoms with Gasteiger partial charge in [0.15, 0.2) is 5.43 Å². The lowest BCUT2D eigenvalue weighted by molar-refractivity contribution is 0.867. The fourth-order valence-corrected chi connectivity index (χ4v) is 2.69. The smallest absolute Gasteiger partial charge is 0.197 e. The Bertz CT molecular complexity index is 816. The van der Waals surface area contributed by atoms with E-state index in [-0.39, 0.29) is 5.43 Å². The normalized spacial score (nSPS) is 11.1. The number of benzene rings is 2. The molecular weight excluding hydrogens is 248 g/mol. The summed E-state index contributed by atoms with van der Waals surface area (Å²) >= 11 is 0. The van der Waals surface area contributed by atoms with E-state index in [4.69, 9.17) is 0 Å². The predicted octanol–water partition coefficient (Wildman–Crippen LogP) is 3.53. The Labute approximate surface area is 117 Å². The first kappa shape index (κ1) is 12.7. The highest BCUT2D eigenvalue weighted by molar-refractivity contribution is 5.93. The number of nitrogens with zero attached hydrogens (tertiary/aromatic N) is 1. The van der Waals surface area contributed by atoms with Gasteiger partial charge in [-0.15, -0.1) is 0 Å². The van der Waals surface area contributed by atoms with Crippen molar-refractivity contribution in [3.63, 3.8) is 0 Å². The molecule has 0 saturated heterocycles. The molecule has 20 heavy (non-hydrogen) atoms. The molecule has 3 nitrogen and oxygen atoms in total. The zero-order chi connectivity index (χ0) is 14.1. The quantitative estimate of drug-likeness (QED) is 0.736. The van der Waals surface area contributed by atoms with Crippen molar-refractivity contribution in [2.24, 2.45) is 0 Å². The van der Waals surface area contributed by atoms with E-state index in [0.29, 0.717) is 0 Å². The van der Waals surface area contributed by atoms with Crippen LogP contribution in [0.5, 0.6) is 0 Å². The molecule has 0 unspecified atom stereocenters. The largest absolute Gasteiger partial charge is 0.372 e. The molecule has 0 radical (unpaired) electrons. The van der Waals surface area contributed by atoms with Crippen molar-refractivity contribution in [2.45, 2.75) is 13.8 Å². The van der Waals surface area contributed by atoms with Crippen molar-refractivity contribution >= 4 is 27.5 Å². The summed E-state index contributed by atoms with van der Waals surface area (Å²) in [5, 5.41) is 1.50. The van der Waals surface area contributed by atoms with Crippen LogP contribution in [0.15, 0.2) is 47.3 Å². The molecular formula is C17H18N2O. The number of aromatic nitrogens is 1. The molecule has 0 aliphatic heterocycles. The first-order valence-corrected chi connectivity index (χ1v) is 7.04. The zero-order valence-electron chi connectivity index (χ0n) is 11.8. The number of hydrogen-bond acceptors (Lipinski definition) is 2. The number of pyridine rings is 1. The minimum absolute atomic E-state index is 0.100. The minimum Gasteiger partial charge on any atom is -0.372 e. The Morgan fingerprint density at radius 1 is 0.950 bits per heavy atom. The van der Waals surface area contributed by atoms with Crippen LogP contribution in [0.2, 0.25) is 0 Å². The summed E-state index contributed by atoms with van der Waals surface area (Å²) in [5.74, 6) is 0. The van der Waals surface area contributed by atoms with E-state index in [2.05, 4.69) is 29.8 Å². The summed E-state index contributed by atoms with van der Waals surface area (Å²) in [6.07, 6.45) is 0. The highest BCUT2D eigenvalue weighted by atomic mass is 16.1. The van der Waals surface area contributed by atoms with E-state index < -0.39 is 0 Å². The highest BCUT2D eigenvalue weighted by Crippen LogP contribution is 2.21. The maximum atomic E-state index is 12.6. The topological polar surface area (TPSA) is 36.1 Å². The van der Waals surface area contributed by atoms with E-state index >= 15 is 0 Å². The highest BCUT2D eigenvalue weighted by Gasteiger charge is 2.08. The van der Waals surface area contributed by atoms with E-state index in [9.17, 15) is 4.79 Å². The minimum atomic E-state index is 0.100. The molecule has 0 aliphatic carbocycles. The van der Waals surface area contributed by atoms with Crippen LogP contribution < -0.4 is 10.3 Å². The van der Waals surface area contributed by atoms with Gasteiger partial charge in [0.25, 0.3) is 0 Å². The van der Waals surface area contributed by atoms with Gasteiger partial charge in [-0.2, -0.15) is 0 Å². The summed E-state index contributed by atoms with van der Waals surface area (Å²) in [6.45, 7) is 6.12. The number of hydrogen-bond donors (Lipinski definition) is 1. The van der Waals surface area contributed by atoms with E-state index in [0.717, 1.165) is 40.6 Å². The van der Waals surface area contributed by atoms with Gasteiger partial charge in [-0.25, -0.2) is 0 Å². The molecule has 0 spiro atoms. The molecule has 0 saturated carbocycles. The summed E-state index contributed by atoms with van der Waals surface area (Å²) in [6, 6.07) is 13.7. The SMILES string of the molecule is CCN(CC)c1ccc2[nH]c3ccccc3c(=O)c2c1. The van der Waals surface area contributed by atoms with Crippen molar-refractivity contribution in [1.29, 1.82) is 0 Å². The van der Waals surface area contributed by atoms with Crippen LogP contribution in [0.25, 0.3) is 21.8 Å². The van der Waals surface area contributed by atoms with Gasteiger partial charge in [-0.05, 0) is 44.2 Å². The molecule has 0 aliphatic rings. The van der Waals surface area contributed by atoms with Crippen LogP contribution in [0, 0.1) is 0 Å². The molecule has 1 N–H and O–H groups in total. The molecule has 0 atom stereocenters. The fraction of sp³-hybridized carbons (Fsp3) is 0.235. The average molecular weight is 266 g/mol. The van der Waals surface area contributed by atoms with Gasteiger partial charge in [0.05, 0.1) is 0 Å². The first-order valence-electron chi connectivity index (χ1n) is 7.04. The van der Waals surface area contributed by atoms with Gasteiger partial charge in [0.1, 0.15) is 0 Å². The van der Waals surface area contributed by atoms with Gasteiger partial charge in [0.2, 0.25) is 0 Å². The molecule has 102 valence electrons. The van der Waals surface area contributed by atoms with Crippen molar-refractivity contribution in [1.82, 2.24) is 4.98 Å². The molecule has 1 aromatic heterocycles. The molecule has 0 amide bonds. The number of fused-ring (bicyclic) bond motifs is 2. The number of aromatic amines is 1. The number of para-hydroxylation sites is 1. The van der Waals surface area contributed by atoms with Gasteiger partial charge < -0.3 is 9.88 Å². The number of anilines is 1. The lowest BCUT2D eigenvalue weighted by atomic mass is 10.1. The Balaban J connectivity index is 2.31. The van der Waals surface area contributed by atoms with Crippen LogP contribution in [-0.4, -0.2) is 18.1 Å². The average Bonchev–Trinajstić information content (AvgIpc) is 2.49. The second kappa shape index (κ2) is 5.00. The van der Waals surface area contributed by atoms with Crippen molar-refractivity contribution < 1.29 is 0 Å². The molecule has 0 fully saturated rings. The second-order valence-electron chi connectivity index (χ2n) is 4.90. The molecule has 2 aromatic carbocycles. The van der Waals surface area contributed by atoms with Gasteiger partial charge in [0, 0.05) is 40.6 Å². The second-order valence-corrected chi connectivity index (χ2v) is 4.90. The van der Waals surface area contributed by atoms with Gasteiger partial charge in [-0.1, -0.05) is 12.1 Å². The van der Waals surface area contributed by atoms with Crippen LogP contribution in [0.4, 0.5) is 5.69 Å². The third kappa shape index (κ3) is 1.95. The number of H-pyrrole nitrogens is 1. The third-order valence-corrected chi connectivity index (χ3v) is 3.82. The molecule has 3 rings (SSSR count). The molecule has 0 bridgehead atoms. The maximum absolute atomic E-state index is 12.6. The van der Waals surface area contributed by atoms with Crippen LogP contribution in [-0.2, 0) is 0 Å². The lowest BCUT2D eigenvalue weighted by Gasteiger charge is -2.21. The Morgan fingerprint density at radius 3 is 2.40 bits per heavy atom. The van der Waals surface area contributed by atoms with E-state index in [1.807, 2.05) is 36.4 Å². The lowest BCUT2D eigenvalue weighted by Crippen LogP contribution is -2.21. The van der Waals surface area contributed by atoms with Crippen LogP contribution in [0.1, 0.15) is 13.8 Å². The summed E-state index contributed by atoms with van der Waals surface area (Å²) in [4.78, 5) is 18.2. The Hall–Kier alpha value is -2.29. The van der Waals surface area contributed by atoms with E-state index in [1.54, 1.807) is 0 Å². The molecule has 3 heteroatoms. The fourth-order valence-electron chi connectivity index (χ4n) is 2.69. The first-order chi connectivity index (χ1) is 9.74. The predicted molar refractivity (Wildman–Crippen MR) is 85.6 cm³/mol. The maximum Gasteiger partial charge on any atom is 0.197 e. The van der Waals surface area contributed by atoms with E-state index in [1.165, 1.54) is 0 Å². The van der Waals surface area contributed by atoms with Crippen molar-refractivity contribution in [3.8, 4) is 0 Å². The van der Waals surface area contributed by atoms with Crippen LogP contribution in [0.3, 0.4) is 0 Å². The number of nitrogens with one attached hydrogen (secondary N) is 1. The Kier molecular flexibility index (Phi) is 3.18. The zero-order valence-corrected chi connectivity index (χ0v) is 11.8. The molecule has 3 aromatic rings. The summed E-state index contributed by atoms with van der Waals surface area (Å²) in [7, 11) is 0.